The van der Waals surface area contributed by atoms with Crippen molar-refractivity contribution < 1.29 is 8.42 Å². The van der Waals surface area contributed by atoms with Gasteiger partial charge in [-0.2, -0.15) is 0 Å². The second-order valence-electron chi connectivity index (χ2n) is 8.00. The Balaban J connectivity index is 1.63. The maximum absolute atomic E-state index is 11.7. The van der Waals surface area contributed by atoms with Crippen molar-refractivity contribution in [1.82, 2.24) is 5.32 Å². The molecular formula is C17H31NO2S. The Morgan fingerprint density at radius 3 is 2.05 bits per heavy atom. The minimum atomic E-state index is -2.81. The second-order valence-corrected chi connectivity index (χ2v) is 10.5. The Morgan fingerprint density at radius 2 is 1.62 bits per heavy atom. The molecule has 0 aromatic carbocycles. The molecule has 1 unspecified atom stereocenters. The van der Waals surface area contributed by atoms with Crippen molar-refractivity contribution >= 4 is 9.84 Å². The summed E-state index contributed by atoms with van der Waals surface area (Å²) in [5.74, 6) is 3.55. The highest BCUT2D eigenvalue weighted by molar-refractivity contribution is 7.91. The Kier molecular flexibility index (Phi) is 4.39. The molecule has 0 aromatic rings. The van der Waals surface area contributed by atoms with E-state index in [1.807, 2.05) is 0 Å². The summed E-state index contributed by atoms with van der Waals surface area (Å²) in [6, 6.07) is 0.526. The molecule has 0 aliphatic heterocycles. The van der Waals surface area contributed by atoms with E-state index in [2.05, 4.69) is 12.4 Å². The highest BCUT2D eigenvalue weighted by Gasteiger charge is 2.53. The van der Waals surface area contributed by atoms with Gasteiger partial charge in [0.05, 0.1) is 5.75 Å². The summed E-state index contributed by atoms with van der Waals surface area (Å²) in [7, 11) is -0.726. The molecule has 4 aliphatic rings. The first-order valence-electron chi connectivity index (χ1n) is 8.84. The van der Waals surface area contributed by atoms with Crippen molar-refractivity contribution in [3.05, 3.63) is 0 Å². The van der Waals surface area contributed by atoms with Crippen LogP contribution in [0, 0.1) is 23.2 Å². The topological polar surface area (TPSA) is 46.2 Å². The van der Waals surface area contributed by atoms with Gasteiger partial charge in [0, 0.05) is 11.8 Å². The smallest absolute Gasteiger partial charge is 0.150 e. The van der Waals surface area contributed by atoms with Crippen LogP contribution in [0.1, 0.15) is 58.3 Å². The third-order valence-corrected chi connectivity index (χ3v) is 8.35. The Labute approximate surface area is 130 Å². The minimum absolute atomic E-state index is 0.286. The standard InChI is InChI=1S/C17H31NO2S/c1-3-21(19,20)6-4-5-16(18-2)17-10-13-7-14(11-17)9-15(8-13)12-17/h13-16,18H,3-12H2,1-2H3. The summed E-state index contributed by atoms with van der Waals surface area (Å²) in [6.45, 7) is 1.75. The molecule has 4 heteroatoms. The van der Waals surface area contributed by atoms with Gasteiger partial charge in [0.15, 0.2) is 0 Å². The van der Waals surface area contributed by atoms with Crippen LogP contribution >= 0.6 is 0 Å². The molecule has 0 spiro atoms. The van der Waals surface area contributed by atoms with E-state index in [0.29, 0.717) is 17.2 Å². The average Bonchev–Trinajstić information content (AvgIpc) is 2.42. The summed E-state index contributed by atoms with van der Waals surface area (Å²) in [5, 5.41) is 3.57. The first-order valence-corrected chi connectivity index (χ1v) is 10.7. The van der Waals surface area contributed by atoms with Crippen molar-refractivity contribution in [1.29, 1.82) is 0 Å². The van der Waals surface area contributed by atoms with E-state index in [4.69, 9.17) is 0 Å². The Bertz CT molecular complexity index is 436. The predicted molar refractivity (Wildman–Crippen MR) is 87.0 cm³/mol. The zero-order valence-corrected chi connectivity index (χ0v) is 14.4. The van der Waals surface area contributed by atoms with Crippen molar-refractivity contribution in [3.8, 4) is 0 Å². The maximum Gasteiger partial charge on any atom is 0.150 e. The van der Waals surface area contributed by atoms with Gasteiger partial charge in [0.2, 0.25) is 0 Å². The average molecular weight is 314 g/mol. The molecule has 4 aliphatic carbocycles. The fourth-order valence-corrected chi connectivity index (χ4v) is 6.91. The third-order valence-electron chi connectivity index (χ3n) is 6.56. The van der Waals surface area contributed by atoms with Gasteiger partial charge in [-0.05, 0) is 81.6 Å². The van der Waals surface area contributed by atoms with Crippen LogP contribution in [-0.2, 0) is 9.84 Å². The number of sulfone groups is 1. The molecule has 1 atom stereocenters. The number of hydrogen-bond donors (Lipinski definition) is 1. The SMILES string of the molecule is CCS(=O)(=O)CCCC(NC)C12CC3CC(CC(C3)C1)C2. The van der Waals surface area contributed by atoms with Gasteiger partial charge in [0.25, 0.3) is 0 Å². The molecule has 0 amide bonds. The molecule has 4 rings (SSSR count). The van der Waals surface area contributed by atoms with E-state index in [-0.39, 0.29) is 5.75 Å². The molecule has 0 heterocycles. The van der Waals surface area contributed by atoms with Gasteiger partial charge in [-0.25, -0.2) is 8.42 Å². The van der Waals surface area contributed by atoms with E-state index >= 15 is 0 Å². The van der Waals surface area contributed by atoms with E-state index in [1.165, 1.54) is 38.5 Å². The van der Waals surface area contributed by atoms with Crippen LogP contribution in [-0.4, -0.2) is 33.0 Å². The molecule has 0 radical (unpaired) electrons. The van der Waals surface area contributed by atoms with Crippen LogP contribution in [0.15, 0.2) is 0 Å². The fraction of sp³-hybridized carbons (Fsp3) is 1.00. The molecule has 4 bridgehead atoms. The van der Waals surface area contributed by atoms with Crippen LogP contribution in [0.25, 0.3) is 0 Å². The molecule has 0 saturated heterocycles. The fourth-order valence-electron chi connectivity index (χ4n) is 6.01. The molecule has 4 fully saturated rings. The summed E-state index contributed by atoms with van der Waals surface area (Å²) in [4.78, 5) is 0. The third kappa shape index (κ3) is 3.17. The molecule has 21 heavy (non-hydrogen) atoms. The maximum atomic E-state index is 11.7. The monoisotopic (exact) mass is 313 g/mol. The number of nitrogens with one attached hydrogen (secondary N) is 1. The van der Waals surface area contributed by atoms with Crippen LogP contribution in [0.4, 0.5) is 0 Å². The second kappa shape index (κ2) is 5.84. The molecular weight excluding hydrogens is 282 g/mol. The van der Waals surface area contributed by atoms with Gasteiger partial charge in [-0.1, -0.05) is 6.92 Å². The zero-order chi connectivity index (χ0) is 15.1. The van der Waals surface area contributed by atoms with Gasteiger partial charge in [-0.3, -0.25) is 0 Å². The first kappa shape index (κ1) is 15.8. The quantitative estimate of drug-likeness (QED) is 0.786. The molecule has 4 saturated carbocycles. The van der Waals surface area contributed by atoms with E-state index in [1.54, 1.807) is 6.92 Å². The van der Waals surface area contributed by atoms with Crippen LogP contribution in [0.2, 0.25) is 0 Å². The van der Waals surface area contributed by atoms with Gasteiger partial charge in [-0.15, -0.1) is 0 Å². The lowest BCUT2D eigenvalue weighted by atomic mass is 9.47. The number of hydrogen-bond acceptors (Lipinski definition) is 3. The number of rotatable bonds is 7. The zero-order valence-electron chi connectivity index (χ0n) is 13.6. The van der Waals surface area contributed by atoms with Crippen molar-refractivity contribution in [2.75, 3.05) is 18.6 Å². The normalized spacial score (nSPS) is 39.6. The Morgan fingerprint density at radius 1 is 1.10 bits per heavy atom. The summed E-state index contributed by atoms with van der Waals surface area (Å²) >= 11 is 0. The molecule has 0 aromatic heterocycles. The van der Waals surface area contributed by atoms with Gasteiger partial charge in [0.1, 0.15) is 9.84 Å². The van der Waals surface area contributed by atoms with E-state index in [9.17, 15) is 8.42 Å². The lowest BCUT2D eigenvalue weighted by molar-refractivity contribution is -0.0740. The van der Waals surface area contributed by atoms with Crippen molar-refractivity contribution in [2.45, 2.75) is 64.3 Å². The van der Waals surface area contributed by atoms with Crippen molar-refractivity contribution in [3.63, 3.8) is 0 Å². The largest absolute Gasteiger partial charge is 0.316 e. The lowest BCUT2D eigenvalue weighted by Crippen LogP contribution is -2.55. The Hall–Kier alpha value is -0.0900. The van der Waals surface area contributed by atoms with Crippen molar-refractivity contribution in [2.24, 2.45) is 23.2 Å². The summed E-state index contributed by atoms with van der Waals surface area (Å²) in [5.41, 5.74) is 0.486. The first-order chi connectivity index (χ1) is 9.96. The highest BCUT2D eigenvalue weighted by Crippen LogP contribution is 2.61. The lowest BCUT2D eigenvalue weighted by Gasteiger charge is -2.59. The minimum Gasteiger partial charge on any atom is -0.316 e. The summed E-state index contributed by atoms with van der Waals surface area (Å²) in [6.07, 6.45) is 10.5. The molecule has 1 N–H and O–H groups in total. The molecule has 122 valence electrons. The highest BCUT2D eigenvalue weighted by atomic mass is 32.2. The molecule has 3 nitrogen and oxygen atoms in total. The van der Waals surface area contributed by atoms with Crippen LogP contribution in [0.5, 0.6) is 0 Å². The predicted octanol–water partition coefficient (Wildman–Crippen LogP) is 3.01. The van der Waals surface area contributed by atoms with Crippen LogP contribution < -0.4 is 5.32 Å². The van der Waals surface area contributed by atoms with Gasteiger partial charge >= 0.3 is 0 Å². The van der Waals surface area contributed by atoms with E-state index in [0.717, 1.165) is 30.6 Å². The van der Waals surface area contributed by atoms with Crippen LogP contribution in [0.3, 0.4) is 0 Å². The van der Waals surface area contributed by atoms with E-state index < -0.39 is 9.84 Å². The summed E-state index contributed by atoms with van der Waals surface area (Å²) < 4.78 is 23.4. The van der Waals surface area contributed by atoms with Gasteiger partial charge < -0.3 is 5.32 Å².